The molecule has 0 saturated heterocycles. The van der Waals surface area contributed by atoms with Crippen LogP contribution in [-0.4, -0.2) is 36.4 Å². The molecule has 29 heavy (non-hydrogen) atoms. The van der Waals surface area contributed by atoms with E-state index in [1.807, 2.05) is 26.0 Å². The first-order valence-electron chi connectivity index (χ1n) is 9.40. The third kappa shape index (κ3) is 8.83. The number of nitrogens with one attached hydrogen (secondary N) is 2. The number of hydrogen-bond donors (Lipinski definition) is 2. The number of thioether (sulfide) groups is 1. The van der Waals surface area contributed by atoms with Crippen LogP contribution >= 0.6 is 11.8 Å². The number of carbonyl (C=O) groups excluding carboxylic acids is 2. The van der Waals surface area contributed by atoms with Gasteiger partial charge in [0.05, 0.1) is 12.0 Å². The molecule has 154 valence electrons. The van der Waals surface area contributed by atoms with Crippen molar-refractivity contribution in [3.05, 3.63) is 65.2 Å². The maximum Gasteiger partial charge on any atom is 0.258 e. The molecule has 0 bridgehead atoms. The highest BCUT2D eigenvalue weighted by atomic mass is 32.2. The number of rotatable bonds is 10. The van der Waals surface area contributed by atoms with Gasteiger partial charge in [-0.3, -0.25) is 9.59 Å². The molecule has 0 fully saturated rings. The summed E-state index contributed by atoms with van der Waals surface area (Å²) in [6.07, 6.45) is 1.57. The van der Waals surface area contributed by atoms with E-state index in [9.17, 15) is 9.59 Å². The van der Waals surface area contributed by atoms with Gasteiger partial charge < -0.3 is 10.1 Å². The lowest BCUT2D eigenvalue weighted by Gasteiger charge is -2.09. The van der Waals surface area contributed by atoms with E-state index in [1.165, 1.54) is 11.1 Å². The molecule has 6 nitrogen and oxygen atoms in total. The Bertz CT molecular complexity index is 835. The van der Waals surface area contributed by atoms with Crippen LogP contribution in [0.4, 0.5) is 0 Å². The van der Waals surface area contributed by atoms with Gasteiger partial charge in [-0.05, 0) is 61.7 Å². The summed E-state index contributed by atoms with van der Waals surface area (Å²) in [5.41, 5.74) is 5.81. The van der Waals surface area contributed by atoms with Crippen molar-refractivity contribution >= 4 is 29.8 Å². The van der Waals surface area contributed by atoms with Crippen LogP contribution < -0.4 is 15.5 Å². The predicted molar refractivity (Wildman–Crippen MR) is 118 cm³/mol. The van der Waals surface area contributed by atoms with Crippen LogP contribution in [0.2, 0.25) is 0 Å². The largest absolute Gasteiger partial charge is 0.484 e. The summed E-state index contributed by atoms with van der Waals surface area (Å²) < 4.78 is 5.43. The third-order valence-electron chi connectivity index (χ3n) is 3.85. The number of benzene rings is 2. The van der Waals surface area contributed by atoms with Gasteiger partial charge in [-0.1, -0.05) is 24.3 Å². The molecule has 0 spiro atoms. The van der Waals surface area contributed by atoms with E-state index in [0.29, 0.717) is 11.5 Å². The van der Waals surface area contributed by atoms with E-state index in [1.54, 1.807) is 42.2 Å². The summed E-state index contributed by atoms with van der Waals surface area (Å²) in [5.74, 6) is 1.43. The number of nitrogens with zero attached hydrogens (tertiary/aromatic N) is 1. The second-order valence-corrected chi connectivity index (χ2v) is 7.78. The van der Waals surface area contributed by atoms with Gasteiger partial charge in [0.15, 0.2) is 6.61 Å². The fourth-order valence-corrected chi connectivity index (χ4v) is 3.30. The number of hydrogen-bond acceptors (Lipinski definition) is 5. The van der Waals surface area contributed by atoms with Crippen LogP contribution in [0, 0.1) is 6.92 Å². The van der Waals surface area contributed by atoms with Crippen molar-refractivity contribution in [1.82, 2.24) is 10.7 Å². The average Bonchev–Trinajstić information content (AvgIpc) is 2.68. The van der Waals surface area contributed by atoms with Crippen LogP contribution in [-0.2, 0) is 15.3 Å². The lowest BCUT2D eigenvalue weighted by molar-refractivity contribution is -0.123. The Morgan fingerprint density at radius 1 is 1.10 bits per heavy atom. The molecule has 0 unspecified atom stereocenters. The van der Waals surface area contributed by atoms with Crippen LogP contribution in [0.1, 0.15) is 30.5 Å². The van der Waals surface area contributed by atoms with Crippen molar-refractivity contribution in [3.63, 3.8) is 0 Å². The molecule has 2 aromatic rings. The van der Waals surface area contributed by atoms with E-state index < -0.39 is 0 Å². The predicted octanol–water partition coefficient (Wildman–Crippen LogP) is 3.28. The smallest absolute Gasteiger partial charge is 0.258 e. The Morgan fingerprint density at radius 2 is 1.83 bits per heavy atom. The van der Waals surface area contributed by atoms with Crippen molar-refractivity contribution in [2.24, 2.45) is 5.10 Å². The summed E-state index contributed by atoms with van der Waals surface area (Å²) in [6, 6.07) is 15.3. The van der Waals surface area contributed by atoms with Crippen molar-refractivity contribution in [2.75, 3.05) is 12.4 Å². The van der Waals surface area contributed by atoms with E-state index in [4.69, 9.17) is 4.74 Å². The van der Waals surface area contributed by atoms with Crippen molar-refractivity contribution in [2.45, 2.75) is 32.6 Å². The van der Waals surface area contributed by atoms with Gasteiger partial charge >= 0.3 is 0 Å². The summed E-state index contributed by atoms with van der Waals surface area (Å²) in [6.45, 7) is 5.83. The number of ether oxygens (including phenoxy) is 1. The summed E-state index contributed by atoms with van der Waals surface area (Å²) in [7, 11) is 0. The molecule has 0 saturated carbocycles. The zero-order valence-electron chi connectivity index (χ0n) is 17.0. The number of hydrazone groups is 1. The Balaban J connectivity index is 1.69. The normalized spacial score (nSPS) is 10.9. The fraction of sp³-hybridized carbons (Fsp3) is 0.318. The van der Waals surface area contributed by atoms with Crippen molar-refractivity contribution < 1.29 is 14.3 Å². The molecule has 2 aromatic carbocycles. The molecule has 0 aromatic heterocycles. The molecular weight excluding hydrogens is 386 g/mol. The van der Waals surface area contributed by atoms with E-state index >= 15 is 0 Å². The van der Waals surface area contributed by atoms with Gasteiger partial charge in [-0.15, -0.1) is 11.8 Å². The number of aryl methyl sites for hydroxylation is 1. The molecule has 7 heteroatoms. The fourth-order valence-electron chi connectivity index (χ4n) is 2.40. The SMILES string of the molecule is Cc1ccccc1CSCC(=O)NN=Cc1ccc(OCC(=O)NC(C)C)cc1. The number of carbonyl (C=O) groups is 2. The van der Waals surface area contributed by atoms with Crippen LogP contribution in [0.5, 0.6) is 5.75 Å². The molecule has 2 rings (SSSR count). The lowest BCUT2D eigenvalue weighted by Crippen LogP contribution is -2.34. The Kier molecular flexibility index (Phi) is 9.24. The second kappa shape index (κ2) is 11.9. The highest BCUT2D eigenvalue weighted by Gasteiger charge is 2.04. The van der Waals surface area contributed by atoms with Crippen molar-refractivity contribution in [3.8, 4) is 5.75 Å². The minimum Gasteiger partial charge on any atom is -0.484 e. The summed E-state index contributed by atoms with van der Waals surface area (Å²) in [5, 5.41) is 6.74. The van der Waals surface area contributed by atoms with Gasteiger partial charge in [0.25, 0.3) is 5.91 Å². The Morgan fingerprint density at radius 3 is 2.52 bits per heavy atom. The standard InChI is InChI=1S/C22H27N3O3S/c1-16(2)24-21(26)13-28-20-10-8-18(9-11-20)12-23-25-22(27)15-29-14-19-7-5-4-6-17(19)3/h4-12,16H,13-15H2,1-3H3,(H,24,26)(H,25,27). The first-order valence-corrected chi connectivity index (χ1v) is 10.6. The molecule has 0 radical (unpaired) electrons. The van der Waals surface area contributed by atoms with Gasteiger partial charge in [0, 0.05) is 11.8 Å². The summed E-state index contributed by atoms with van der Waals surface area (Å²) in [4.78, 5) is 23.5. The van der Waals surface area contributed by atoms with E-state index in [0.717, 1.165) is 11.3 Å². The minimum absolute atomic E-state index is 0.0259. The quantitative estimate of drug-likeness (QED) is 0.463. The molecule has 0 aliphatic heterocycles. The van der Waals surface area contributed by atoms with Gasteiger partial charge in [-0.25, -0.2) is 5.43 Å². The molecule has 0 aliphatic carbocycles. The monoisotopic (exact) mass is 413 g/mol. The third-order valence-corrected chi connectivity index (χ3v) is 4.84. The van der Waals surface area contributed by atoms with Crippen LogP contribution in [0.15, 0.2) is 53.6 Å². The second-order valence-electron chi connectivity index (χ2n) is 6.79. The molecular formula is C22H27N3O3S. The zero-order chi connectivity index (χ0) is 21.1. The highest BCUT2D eigenvalue weighted by molar-refractivity contribution is 7.99. The van der Waals surface area contributed by atoms with Crippen LogP contribution in [0.25, 0.3) is 0 Å². The van der Waals surface area contributed by atoms with Gasteiger partial charge in [0.2, 0.25) is 5.91 Å². The zero-order valence-corrected chi connectivity index (χ0v) is 17.8. The molecule has 0 atom stereocenters. The maximum absolute atomic E-state index is 11.9. The van der Waals surface area contributed by atoms with Gasteiger partial charge in [-0.2, -0.15) is 5.10 Å². The first kappa shape index (κ1) is 22.5. The molecule has 2 N–H and O–H groups in total. The number of amides is 2. The summed E-state index contributed by atoms with van der Waals surface area (Å²) >= 11 is 1.55. The first-order chi connectivity index (χ1) is 13.9. The van der Waals surface area contributed by atoms with Crippen LogP contribution in [0.3, 0.4) is 0 Å². The Labute approximate surface area is 176 Å². The average molecular weight is 414 g/mol. The Hall–Kier alpha value is -2.80. The lowest BCUT2D eigenvalue weighted by atomic mass is 10.1. The van der Waals surface area contributed by atoms with E-state index in [2.05, 4.69) is 34.9 Å². The topological polar surface area (TPSA) is 79.8 Å². The minimum atomic E-state index is -0.159. The molecule has 0 aliphatic rings. The van der Waals surface area contributed by atoms with Crippen molar-refractivity contribution in [1.29, 1.82) is 0 Å². The van der Waals surface area contributed by atoms with Gasteiger partial charge in [0.1, 0.15) is 5.75 Å². The molecule has 0 heterocycles. The maximum atomic E-state index is 11.9. The van der Waals surface area contributed by atoms with E-state index in [-0.39, 0.29) is 24.5 Å². The molecule has 2 amide bonds. The highest BCUT2D eigenvalue weighted by Crippen LogP contribution is 2.15.